The lowest BCUT2D eigenvalue weighted by Gasteiger charge is -2.32. The highest BCUT2D eigenvalue weighted by Gasteiger charge is 2.41. The molecule has 0 amide bonds. The molecule has 0 aliphatic carbocycles. The topological polar surface area (TPSA) is 54.8 Å². The first-order valence-electron chi connectivity index (χ1n) is 12.3. The van der Waals surface area contributed by atoms with Gasteiger partial charge in [-0.3, -0.25) is 9.88 Å². The monoisotopic (exact) mass is 525 g/mol. The minimum Gasteiger partial charge on any atom is -0.495 e. The summed E-state index contributed by atoms with van der Waals surface area (Å²) in [5, 5.41) is 5.01. The van der Waals surface area contributed by atoms with Gasteiger partial charge in [0, 0.05) is 48.8 Å². The molecule has 5 rings (SSSR count). The highest BCUT2D eigenvalue weighted by molar-refractivity contribution is 7.80. The van der Waals surface area contributed by atoms with Crippen molar-refractivity contribution in [2.45, 2.75) is 25.9 Å². The van der Waals surface area contributed by atoms with Crippen molar-refractivity contribution in [3.05, 3.63) is 76.3 Å². The minimum absolute atomic E-state index is 0.00132. The number of nitrogens with zero attached hydrogens (tertiary/aromatic N) is 4. The van der Waals surface area contributed by atoms with Gasteiger partial charge in [-0.2, -0.15) is 0 Å². The summed E-state index contributed by atoms with van der Waals surface area (Å²) in [6.45, 7) is 9.49. The van der Waals surface area contributed by atoms with Gasteiger partial charge in [0.15, 0.2) is 5.11 Å². The van der Waals surface area contributed by atoms with E-state index < -0.39 is 0 Å². The predicted molar refractivity (Wildman–Crippen MR) is 146 cm³/mol. The van der Waals surface area contributed by atoms with E-state index in [2.05, 4.69) is 45.7 Å². The number of benzene rings is 1. The van der Waals surface area contributed by atoms with Crippen LogP contribution >= 0.6 is 23.8 Å². The molecule has 4 heterocycles. The van der Waals surface area contributed by atoms with E-state index in [-0.39, 0.29) is 12.1 Å². The summed E-state index contributed by atoms with van der Waals surface area (Å²) in [6, 6.07) is 14.0. The number of aromatic nitrogens is 2. The fourth-order valence-corrected chi connectivity index (χ4v) is 5.85. The molecule has 3 aromatic rings. The molecule has 2 aliphatic rings. The maximum absolute atomic E-state index is 6.40. The first kappa shape index (κ1) is 25.0. The van der Waals surface area contributed by atoms with E-state index in [1.165, 1.54) is 5.56 Å². The van der Waals surface area contributed by atoms with Crippen LogP contribution in [0, 0.1) is 13.8 Å². The second-order valence-electron chi connectivity index (χ2n) is 9.25. The number of rotatable bonds is 7. The number of aryl methyl sites for hydroxylation is 1. The number of pyridine rings is 1. The summed E-state index contributed by atoms with van der Waals surface area (Å²) in [4.78, 5) is 9.46. The van der Waals surface area contributed by atoms with Crippen molar-refractivity contribution in [2.24, 2.45) is 0 Å². The zero-order valence-electron chi connectivity index (χ0n) is 20.9. The number of halogens is 1. The zero-order chi connectivity index (χ0) is 25.2. The van der Waals surface area contributed by atoms with Gasteiger partial charge in [0.1, 0.15) is 5.75 Å². The Kier molecular flexibility index (Phi) is 7.48. The van der Waals surface area contributed by atoms with Crippen LogP contribution in [0.15, 0.2) is 48.7 Å². The number of thiocarbonyl (C=S) groups is 1. The quantitative estimate of drug-likeness (QED) is 0.457. The van der Waals surface area contributed by atoms with Gasteiger partial charge in [-0.05, 0) is 68.0 Å². The second-order valence-corrected chi connectivity index (χ2v) is 10.1. The molecule has 0 unspecified atom stereocenters. The highest BCUT2D eigenvalue weighted by Crippen LogP contribution is 2.42. The molecule has 0 saturated carbocycles. The number of nitrogens with one attached hydrogen (secondary N) is 1. The van der Waals surface area contributed by atoms with Crippen LogP contribution in [0.25, 0.3) is 5.69 Å². The Morgan fingerprint density at radius 2 is 1.94 bits per heavy atom. The highest BCUT2D eigenvalue weighted by atomic mass is 35.5. The SMILES string of the molecule is COc1ccc(Cl)cc1-n1c(C)cc([C@@H]2[C@@H](c3ccccn3)NC(=S)N2CCN2CCOCC2)c1C. The smallest absolute Gasteiger partial charge is 0.170 e. The standard InChI is InChI=1S/C27H32ClN5O2S/c1-18-16-21(19(2)33(18)23-17-20(28)7-8-24(23)34-3)26-25(22-6-4-5-9-29-22)30-27(36)32(26)11-10-31-12-14-35-15-13-31/h4-9,16-17,25-26H,10-15H2,1-3H3,(H,30,36)/t25-,26-/m1/s1. The molecular formula is C27H32ClN5O2S. The Morgan fingerprint density at radius 3 is 2.67 bits per heavy atom. The van der Waals surface area contributed by atoms with Crippen molar-refractivity contribution in [2.75, 3.05) is 46.5 Å². The molecule has 7 nitrogen and oxygen atoms in total. The number of morpholine rings is 1. The van der Waals surface area contributed by atoms with E-state index in [4.69, 9.17) is 38.3 Å². The van der Waals surface area contributed by atoms with Crippen molar-refractivity contribution in [3.63, 3.8) is 0 Å². The van der Waals surface area contributed by atoms with Gasteiger partial charge in [0.2, 0.25) is 0 Å². The summed E-state index contributed by atoms with van der Waals surface area (Å²) < 4.78 is 13.4. The Hall–Kier alpha value is -2.65. The summed E-state index contributed by atoms with van der Waals surface area (Å²) in [7, 11) is 1.69. The minimum atomic E-state index is -0.0569. The Labute approximate surface area is 223 Å². The predicted octanol–water partition coefficient (Wildman–Crippen LogP) is 4.46. The molecule has 1 N–H and O–H groups in total. The van der Waals surface area contributed by atoms with E-state index in [9.17, 15) is 0 Å². The van der Waals surface area contributed by atoms with E-state index in [1.807, 2.05) is 36.5 Å². The largest absolute Gasteiger partial charge is 0.495 e. The molecule has 2 fully saturated rings. The Balaban J connectivity index is 1.55. The van der Waals surface area contributed by atoms with Crippen LogP contribution in [0.3, 0.4) is 0 Å². The number of ether oxygens (including phenoxy) is 2. The molecular weight excluding hydrogens is 494 g/mol. The molecule has 9 heteroatoms. The number of hydrogen-bond donors (Lipinski definition) is 1. The lowest BCUT2D eigenvalue weighted by molar-refractivity contribution is 0.0350. The van der Waals surface area contributed by atoms with Crippen LogP contribution in [0.4, 0.5) is 0 Å². The van der Waals surface area contributed by atoms with E-state index in [0.717, 1.165) is 73.0 Å². The lowest BCUT2D eigenvalue weighted by atomic mass is 9.96. The molecule has 0 spiro atoms. The first-order chi connectivity index (χ1) is 17.5. The van der Waals surface area contributed by atoms with Crippen molar-refractivity contribution in [1.29, 1.82) is 0 Å². The van der Waals surface area contributed by atoms with Gasteiger partial charge in [-0.15, -0.1) is 0 Å². The van der Waals surface area contributed by atoms with Crippen LogP contribution < -0.4 is 10.1 Å². The third kappa shape index (κ3) is 4.83. The summed E-state index contributed by atoms with van der Waals surface area (Å²) >= 11 is 12.3. The molecule has 0 radical (unpaired) electrons. The summed E-state index contributed by atoms with van der Waals surface area (Å²) in [5.74, 6) is 0.776. The summed E-state index contributed by atoms with van der Waals surface area (Å²) in [6.07, 6.45) is 1.84. The Morgan fingerprint density at radius 1 is 1.14 bits per heavy atom. The fourth-order valence-electron chi connectivity index (χ4n) is 5.35. The average Bonchev–Trinajstić information content (AvgIpc) is 3.38. The van der Waals surface area contributed by atoms with Gasteiger partial charge < -0.3 is 24.3 Å². The molecule has 190 valence electrons. The van der Waals surface area contributed by atoms with Crippen LogP contribution in [0.2, 0.25) is 5.02 Å². The first-order valence-corrected chi connectivity index (χ1v) is 13.1. The van der Waals surface area contributed by atoms with Gasteiger partial charge in [0.25, 0.3) is 0 Å². The molecule has 2 atom stereocenters. The van der Waals surface area contributed by atoms with Crippen LogP contribution in [-0.2, 0) is 4.74 Å². The third-order valence-corrected chi connectivity index (χ3v) is 7.72. The van der Waals surface area contributed by atoms with Gasteiger partial charge in [-0.25, -0.2) is 0 Å². The van der Waals surface area contributed by atoms with Crippen LogP contribution in [0.1, 0.15) is 34.7 Å². The van der Waals surface area contributed by atoms with Crippen LogP contribution in [-0.4, -0.2) is 71.0 Å². The average molecular weight is 526 g/mol. The zero-order valence-corrected chi connectivity index (χ0v) is 22.5. The van der Waals surface area contributed by atoms with E-state index in [0.29, 0.717) is 5.02 Å². The van der Waals surface area contributed by atoms with E-state index in [1.54, 1.807) is 7.11 Å². The van der Waals surface area contributed by atoms with Crippen molar-refractivity contribution in [1.82, 2.24) is 24.7 Å². The van der Waals surface area contributed by atoms with Gasteiger partial charge >= 0.3 is 0 Å². The number of methoxy groups -OCH3 is 1. The van der Waals surface area contributed by atoms with Crippen molar-refractivity contribution in [3.8, 4) is 11.4 Å². The van der Waals surface area contributed by atoms with Crippen molar-refractivity contribution < 1.29 is 9.47 Å². The molecule has 2 saturated heterocycles. The Bertz CT molecular complexity index is 1230. The lowest BCUT2D eigenvalue weighted by Crippen LogP contribution is -2.42. The third-order valence-electron chi connectivity index (χ3n) is 7.13. The summed E-state index contributed by atoms with van der Waals surface area (Å²) in [5.41, 5.74) is 5.34. The normalized spacial score (nSPS) is 20.6. The van der Waals surface area contributed by atoms with Gasteiger partial charge in [-0.1, -0.05) is 17.7 Å². The van der Waals surface area contributed by atoms with Crippen molar-refractivity contribution >= 4 is 28.9 Å². The number of hydrogen-bond acceptors (Lipinski definition) is 5. The fraction of sp³-hybridized carbons (Fsp3) is 0.407. The molecule has 2 aliphatic heterocycles. The second kappa shape index (κ2) is 10.8. The van der Waals surface area contributed by atoms with E-state index >= 15 is 0 Å². The molecule has 0 bridgehead atoms. The molecule has 2 aromatic heterocycles. The van der Waals surface area contributed by atoms with Crippen LogP contribution in [0.5, 0.6) is 5.75 Å². The molecule has 36 heavy (non-hydrogen) atoms. The maximum atomic E-state index is 6.40. The molecule has 1 aromatic carbocycles. The van der Waals surface area contributed by atoms with Gasteiger partial charge in [0.05, 0.1) is 43.8 Å². The maximum Gasteiger partial charge on any atom is 0.170 e.